The summed E-state index contributed by atoms with van der Waals surface area (Å²) >= 11 is 0. The molecule has 140 valence electrons. The van der Waals surface area contributed by atoms with Crippen molar-refractivity contribution in [2.45, 2.75) is 82.6 Å². The Balaban J connectivity index is 1.43. The highest BCUT2D eigenvalue weighted by molar-refractivity contribution is 5.80. The molecule has 3 unspecified atom stereocenters. The van der Waals surface area contributed by atoms with Gasteiger partial charge in [-0.25, -0.2) is 9.97 Å². The number of carbonyl (C=O) groups excluding carboxylic acids is 1. The topological polar surface area (TPSA) is 52.6 Å². The van der Waals surface area contributed by atoms with Gasteiger partial charge in [-0.2, -0.15) is 0 Å². The maximum absolute atomic E-state index is 12.6. The average Bonchev–Trinajstić information content (AvgIpc) is 3.34. The quantitative estimate of drug-likeness (QED) is 0.834. The molecule has 0 N–H and O–H groups in total. The zero-order valence-corrected chi connectivity index (χ0v) is 15.7. The average molecular weight is 355 g/mol. The van der Waals surface area contributed by atoms with Gasteiger partial charge in [-0.1, -0.05) is 12.8 Å². The van der Waals surface area contributed by atoms with E-state index < -0.39 is 0 Å². The molecule has 4 heterocycles. The number of anilines is 1. The minimum atomic E-state index is -0.129. The highest BCUT2D eigenvalue weighted by atomic mass is 16.2. The van der Waals surface area contributed by atoms with Crippen molar-refractivity contribution in [2.75, 3.05) is 18.0 Å². The molecule has 3 atom stereocenters. The first-order valence-electron chi connectivity index (χ1n) is 10.3. The van der Waals surface area contributed by atoms with Crippen LogP contribution in [-0.4, -0.2) is 56.5 Å². The standard InChI is InChI=1S/C20H29N5O/c1-20-10-8-18(26)25(20)17-7-3-2-6-16(17)24(20)14-15-9-11-21-19(22-15)23-12-4-5-13-23/h9,11,16-17H,2-8,10,12-14H2,1H3. The lowest BCUT2D eigenvalue weighted by Crippen LogP contribution is -2.49. The van der Waals surface area contributed by atoms with E-state index in [1.807, 2.05) is 6.20 Å². The van der Waals surface area contributed by atoms with E-state index in [2.05, 4.69) is 32.7 Å². The number of fused-ring (bicyclic) bond motifs is 3. The maximum Gasteiger partial charge on any atom is 0.225 e. The van der Waals surface area contributed by atoms with Gasteiger partial charge in [-0.15, -0.1) is 0 Å². The third kappa shape index (κ3) is 2.45. The van der Waals surface area contributed by atoms with Gasteiger partial charge in [0.05, 0.1) is 11.4 Å². The van der Waals surface area contributed by atoms with Crippen LogP contribution in [0.25, 0.3) is 0 Å². The van der Waals surface area contributed by atoms with Gasteiger partial charge < -0.3 is 9.80 Å². The van der Waals surface area contributed by atoms with Crippen LogP contribution in [0.4, 0.5) is 5.95 Å². The van der Waals surface area contributed by atoms with Crippen LogP contribution in [0.5, 0.6) is 0 Å². The van der Waals surface area contributed by atoms with E-state index in [0.717, 1.165) is 44.1 Å². The van der Waals surface area contributed by atoms with Crippen molar-refractivity contribution in [3.63, 3.8) is 0 Å². The maximum atomic E-state index is 12.6. The molecule has 6 heteroatoms. The molecule has 1 aromatic heterocycles. The molecular formula is C20H29N5O. The summed E-state index contributed by atoms with van der Waals surface area (Å²) in [5.74, 6) is 1.23. The second-order valence-corrected chi connectivity index (χ2v) is 8.57. The van der Waals surface area contributed by atoms with E-state index in [-0.39, 0.29) is 5.66 Å². The van der Waals surface area contributed by atoms with E-state index in [0.29, 0.717) is 24.4 Å². The van der Waals surface area contributed by atoms with Crippen LogP contribution in [0, 0.1) is 0 Å². The summed E-state index contributed by atoms with van der Waals surface area (Å²) in [6.45, 7) is 5.24. The highest BCUT2D eigenvalue weighted by Crippen LogP contribution is 2.48. The Morgan fingerprint density at radius 2 is 1.92 bits per heavy atom. The molecule has 26 heavy (non-hydrogen) atoms. The van der Waals surface area contributed by atoms with Gasteiger partial charge in [0.1, 0.15) is 0 Å². The molecule has 1 aliphatic carbocycles. The fraction of sp³-hybridized carbons (Fsp3) is 0.750. The highest BCUT2D eigenvalue weighted by Gasteiger charge is 2.59. The number of nitrogens with zero attached hydrogens (tertiary/aromatic N) is 5. The minimum Gasteiger partial charge on any atom is -0.341 e. The molecule has 4 aliphatic rings. The second-order valence-electron chi connectivity index (χ2n) is 8.57. The van der Waals surface area contributed by atoms with Crippen LogP contribution >= 0.6 is 0 Å². The number of amides is 1. The lowest BCUT2D eigenvalue weighted by atomic mass is 9.90. The molecule has 6 nitrogen and oxygen atoms in total. The first-order valence-corrected chi connectivity index (χ1v) is 10.3. The summed E-state index contributed by atoms with van der Waals surface area (Å²) in [5, 5.41) is 0. The van der Waals surface area contributed by atoms with Gasteiger partial charge in [0.15, 0.2) is 0 Å². The van der Waals surface area contributed by atoms with Gasteiger partial charge in [-0.3, -0.25) is 9.69 Å². The molecule has 1 aromatic rings. The van der Waals surface area contributed by atoms with Gasteiger partial charge in [0.25, 0.3) is 0 Å². The molecular weight excluding hydrogens is 326 g/mol. The summed E-state index contributed by atoms with van der Waals surface area (Å²) in [7, 11) is 0. The van der Waals surface area contributed by atoms with Crippen molar-refractivity contribution in [1.82, 2.24) is 19.8 Å². The van der Waals surface area contributed by atoms with Crippen LogP contribution in [0.15, 0.2) is 12.3 Å². The van der Waals surface area contributed by atoms with E-state index in [4.69, 9.17) is 4.98 Å². The van der Waals surface area contributed by atoms with E-state index in [9.17, 15) is 4.79 Å². The molecule has 0 aromatic carbocycles. The minimum absolute atomic E-state index is 0.129. The largest absolute Gasteiger partial charge is 0.341 e. The van der Waals surface area contributed by atoms with E-state index >= 15 is 0 Å². The zero-order valence-electron chi connectivity index (χ0n) is 15.7. The normalized spacial score (nSPS) is 34.4. The van der Waals surface area contributed by atoms with Crippen molar-refractivity contribution in [2.24, 2.45) is 0 Å². The fourth-order valence-electron chi connectivity index (χ4n) is 5.80. The van der Waals surface area contributed by atoms with Crippen molar-refractivity contribution < 1.29 is 4.79 Å². The van der Waals surface area contributed by atoms with Crippen molar-refractivity contribution in [1.29, 1.82) is 0 Å². The van der Waals surface area contributed by atoms with Crippen LogP contribution in [-0.2, 0) is 11.3 Å². The molecule has 1 amide bonds. The van der Waals surface area contributed by atoms with Crippen LogP contribution in [0.1, 0.15) is 64.0 Å². The Kier molecular flexibility index (Phi) is 3.92. The van der Waals surface area contributed by atoms with Crippen LogP contribution < -0.4 is 4.90 Å². The Bertz CT molecular complexity index is 703. The predicted octanol–water partition coefficient (Wildman–Crippen LogP) is 2.54. The Morgan fingerprint density at radius 1 is 1.15 bits per heavy atom. The first kappa shape index (κ1) is 16.5. The SMILES string of the molecule is CC12CCC(=O)N1C1CCCCC1N2Cc1ccnc(N2CCCC2)n1. The van der Waals surface area contributed by atoms with Gasteiger partial charge in [0.2, 0.25) is 11.9 Å². The van der Waals surface area contributed by atoms with Gasteiger partial charge >= 0.3 is 0 Å². The second kappa shape index (κ2) is 6.19. The Labute approximate surface area is 155 Å². The summed E-state index contributed by atoms with van der Waals surface area (Å²) in [5.41, 5.74) is 0.962. The van der Waals surface area contributed by atoms with E-state index in [1.165, 1.54) is 32.1 Å². The van der Waals surface area contributed by atoms with Crippen molar-refractivity contribution in [3.05, 3.63) is 18.0 Å². The van der Waals surface area contributed by atoms with Gasteiger partial charge in [-0.05, 0) is 45.1 Å². The number of aromatic nitrogens is 2. The van der Waals surface area contributed by atoms with E-state index in [1.54, 1.807) is 0 Å². The Hall–Kier alpha value is -1.69. The number of hydrogen-bond donors (Lipinski definition) is 0. The molecule has 1 saturated carbocycles. The molecule has 0 radical (unpaired) electrons. The van der Waals surface area contributed by atoms with Crippen LogP contribution in [0.2, 0.25) is 0 Å². The third-order valence-electron chi connectivity index (χ3n) is 7.07. The first-order chi connectivity index (χ1) is 12.7. The number of rotatable bonds is 3. The third-order valence-corrected chi connectivity index (χ3v) is 7.07. The monoisotopic (exact) mass is 355 g/mol. The van der Waals surface area contributed by atoms with Gasteiger partial charge in [0, 0.05) is 44.3 Å². The summed E-state index contributed by atoms with van der Waals surface area (Å²) in [6.07, 6.45) is 10.9. The lowest BCUT2D eigenvalue weighted by Gasteiger charge is -2.37. The molecule has 3 saturated heterocycles. The summed E-state index contributed by atoms with van der Waals surface area (Å²) in [4.78, 5) is 29.1. The molecule has 0 spiro atoms. The number of carbonyl (C=O) groups is 1. The zero-order chi connectivity index (χ0) is 17.7. The van der Waals surface area contributed by atoms with Crippen molar-refractivity contribution in [3.8, 4) is 0 Å². The Morgan fingerprint density at radius 3 is 2.73 bits per heavy atom. The van der Waals surface area contributed by atoms with Crippen LogP contribution in [0.3, 0.4) is 0 Å². The lowest BCUT2D eigenvalue weighted by molar-refractivity contribution is -0.133. The predicted molar refractivity (Wildman–Crippen MR) is 99.6 cm³/mol. The fourth-order valence-corrected chi connectivity index (χ4v) is 5.80. The summed E-state index contributed by atoms with van der Waals surface area (Å²) < 4.78 is 0. The summed E-state index contributed by atoms with van der Waals surface area (Å²) in [6, 6.07) is 2.95. The number of hydrogen-bond acceptors (Lipinski definition) is 5. The van der Waals surface area contributed by atoms with Crippen molar-refractivity contribution >= 4 is 11.9 Å². The molecule has 5 rings (SSSR count). The molecule has 0 bridgehead atoms. The molecule has 4 fully saturated rings. The molecule has 3 aliphatic heterocycles. The smallest absolute Gasteiger partial charge is 0.225 e.